The summed E-state index contributed by atoms with van der Waals surface area (Å²) in [6.07, 6.45) is -4.61. The Kier molecular flexibility index (Phi) is 6.06. The number of anilines is 1. The first-order valence-electron chi connectivity index (χ1n) is 9.03. The van der Waals surface area contributed by atoms with E-state index >= 15 is 0 Å². The van der Waals surface area contributed by atoms with Crippen LogP contribution in [-0.4, -0.2) is 25.9 Å². The monoisotopic (exact) mass is 419 g/mol. The van der Waals surface area contributed by atoms with Gasteiger partial charge in [0.15, 0.2) is 5.69 Å². The first-order valence-corrected chi connectivity index (χ1v) is 9.03. The van der Waals surface area contributed by atoms with Gasteiger partial charge < -0.3 is 15.7 Å². The number of benzene rings is 1. The summed E-state index contributed by atoms with van der Waals surface area (Å²) in [6, 6.07) is 10.3. The molecule has 0 aliphatic carbocycles. The van der Waals surface area contributed by atoms with Gasteiger partial charge in [0.05, 0.1) is 41.6 Å². The second-order valence-corrected chi connectivity index (χ2v) is 6.67. The summed E-state index contributed by atoms with van der Waals surface area (Å²) in [4.78, 5) is 16.4. The minimum atomic E-state index is -4.61. The van der Waals surface area contributed by atoms with E-state index in [-0.39, 0.29) is 18.8 Å². The molecule has 1 aromatic carbocycles. The number of nitrogens with zero attached hydrogens (tertiary/aromatic N) is 3. The molecule has 3 N–H and O–H groups in total. The van der Waals surface area contributed by atoms with Crippen LogP contribution in [-0.2, 0) is 19.3 Å². The van der Waals surface area contributed by atoms with Crippen molar-refractivity contribution in [3.05, 3.63) is 70.8 Å². The summed E-state index contributed by atoms with van der Waals surface area (Å²) >= 11 is 0. The molecule has 3 rings (SSSR count). The van der Waals surface area contributed by atoms with Gasteiger partial charge in [-0.2, -0.15) is 18.3 Å². The molecule has 0 radical (unpaired) electrons. The third-order valence-electron chi connectivity index (χ3n) is 4.30. The molecule has 3 aromatic rings. The maximum atomic E-state index is 13.2. The fraction of sp³-hybridized carbons (Fsp3) is 0.250. The third kappa shape index (κ3) is 4.95. The molecule has 0 atom stereocenters. The molecule has 158 valence electrons. The van der Waals surface area contributed by atoms with Crippen molar-refractivity contribution in [1.82, 2.24) is 20.1 Å². The van der Waals surface area contributed by atoms with E-state index in [1.807, 2.05) is 13.0 Å². The van der Waals surface area contributed by atoms with E-state index in [4.69, 9.17) is 5.11 Å². The average molecular weight is 419 g/mol. The number of pyridine rings is 1. The van der Waals surface area contributed by atoms with Crippen LogP contribution in [0.2, 0.25) is 0 Å². The van der Waals surface area contributed by atoms with Crippen LogP contribution in [0.5, 0.6) is 0 Å². The summed E-state index contributed by atoms with van der Waals surface area (Å²) in [5, 5.41) is 17.9. The number of hydrogen-bond donors (Lipinski definition) is 3. The summed E-state index contributed by atoms with van der Waals surface area (Å²) in [6.45, 7) is 3.08. The topological polar surface area (TPSA) is 92.1 Å². The minimum absolute atomic E-state index is 0.175. The molecule has 0 fully saturated rings. The van der Waals surface area contributed by atoms with Crippen LogP contribution in [0.1, 0.15) is 28.3 Å². The Balaban J connectivity index is 1.78. The van der Waals surface area contributed by atoms with E-state index < -0.39 is 17.9 Å². The molecule has 0 unspecified atom stereocenters. The van der Waals surface area contributed by atoms with Crippen molar-refractivity contribution in [3.8, 4) is 5.69 Å². The lowest BCUT2D eigenvalue weighted by Crippen LogP contribution is -2.29. The van der Waals surface area contributed by atoms with Crippen molar-refractivity contribution in [2.45, 2.75) is 33.2 Å². The van der Waals surface area contributed by atoms with Gasteiger partial charge in [-0.1, -0.05) is 12.1 Å². The van der Waals surface area contributed by atoms with Gasteiger partial charge >= 0.3 is 12.2 Å². The van der Waals surface area contributed by atoms with Crippen LogP contribution < -0.4 is 10.6 Å². The van der Waals surface area contributed by atoms with Crippen LogP contribution in [0, 0.1) is 13.8 Å². The smallest absolute Gasteiger partial charge is 0.390 e. The quantitative estimate of drug-likeness (QED) is 0.588. The lowest BCUT2D eigenvalue weighted by Gasteiger charge is -2.12. The van der Waals surface area contributed by atoms with E-state index in [2.05, 4.69) is 20.7 Å². The second kappa shape index (κ2) is 8.54. The first-order chi connectivity index (χ1) is 14.2. The first kappa shape index (κ1) is 21.3. The van der Waals surface area contributed by atoms with Crippen molar-refractivity contribution in [2.75, 3.05) is 5.32 Å². The SMILES string of the molecule is Cc1cccc(-n2nc(C(F)(F)F)cc2CNC(=O)Nc2ccc(CO)nc2C)c1. The zero-order valence-electron chi connectivity index (χ0n) is 16.3. The molecule has 0 bridgehead atoms. The molecule has 2 amide bonds. The molecule has 0 spiro atoms. The number of rotatable bonds is 5. The highest BCUT2D eigenvalue weighted by molar-refractivity contribution is 5.89. The molecule has 0 aliphatic heterocycles. The maximum Gasteiger partial charge on any atom is 0.435 e. The van der Waals surface area contributed by atoms with Crippen molar-refractivity contribution < 1.29 is 23.1 Å². The van der Waals surface area contributed by atoms with Crippen LogP contribution in [0.25, 0.3) is 5.69 Å². The van der Waals surface area contributed by atoms with Gasteiger partial charge in [0.25, 0.3) is 0 Å². The minimum Gasteiger partial charge on any atom is -0.390 e. The largest absolute Gasteiger partial charge is 0.435 e. The fourth-order valence-electron chi connectivity index (χ4n) is 2.84. The van der Waals surface area contributed by atoms with Gasteiger partial charge in [0.1, 0.15) is 0 Å². The Morgan fingerprint density at radius 1 is 1.17 bits per heavy atom. The summed E-state index contributed by atoms with van der Waals surface area (Å²) < 4.78 is 40.7. The predicted octanol–water partition coefficient (Wildman–Crippen LogP) is 3.72. The van der Waals surface area contributed by atoms with Gasteiger partial charge in [0.2, 0.25) is 0 Å². The number of aliphatic hydroxyl groups is 1. The van der Waals surface area contributed by atoms with E-state index in [1.165, 1.54) is 4.68 Å². The second-order valence-electron chi connectivity index (χ2n) is 6.67. The van der Waals surface area contributed by atoms with Crippen LogP contribution in [0.4, 0.5) is 23.7 Å². The van der Waals surface area contributed by atoms with Gasteiger partial charge in [-0.05, 0) is 49.7 Å². The maximum absolute atomic E-state index is 13.2. The molecule has 2 aromatic heterocycles. The number of urea groups is 1. The highest BCUT2D eigenvalue weighted by Gasteiger charge is 2.35. The molecule has 2 heterocycles. The lowest BCUT2D eigenvalue weighted by atomic mass is 10.2. The number of hydrogen-bond acceptors (Lipinski definition) is 4. The van der Waals surface area contributed by atoms with Gasteiger partial charge in [-0.3, -0.25) is 4.98 Å². The lowest BCUT2D eigenvalue weighted by molar-refractivity contribution is -0.141. The van der Waals surface area contributed by atoms with E-state index in [0.717, 1.165) is 11.6 Å². The van der Waals surface area contributed by atoms with E-state index in [1.54, 1.807) is 37.3 Å². The number of aryl methyl sites for hydroxylation is 2. The van der Waals surface area contributed by atoms with Crippen molar-refractivity contribution in [1.29, 1.82) is 0 Å². The summed E-state index contributed by atoms with van der Waals surface area (Å²) in [5.41, 5.74) is 1.84. The van der Waals surface area contributed by atoms with Crippen molar-refractivity contribution in [2.24, 2.45) is 0 Å². The number of aliphatic hydroxyl groups excluding tert-OH is 1. The molecule has 0 saturated heterocycles. The fourth-order valence-corrected chi connectivity index (χ4v) is 2.84. The highest BCUT2D eigenvalue weighted by atomic mass is 19.4. The Morgan fingerprint density at radius 3 is 2.57 bits per heavy atom. The average Bonchev–Trinajstić information content (AvgIpc) is 3.13. The van der Waals surface area contributed by atoms with Crippen molar-refractivity contribution >= 4 is 11.7 Å². The van der Waals surface area contributed by atoms with Crippen LogP contribution in [0.3, 0.4) is 0 Å². The Bertz CT molecular complexity index is 1060. The van der Waals surface area contributed by atoms with Crippen LogP contribution in [0.15, 0.2) is 42.5 Å². The summed E-state index contributed by atoms with van der Waals surface area (Å²) in [5.74, 6) is 0. The zero-order valence-corrected chi connectivity index (χ0v) is 16.3. The van der Waals surface area contributed by atoms with Gasteiger partial charge in [-0.15, -0.1) is 0 Å². The number of carbonyl (C=O) groups excluding carboxylic acids is 1. The van der Waals surface area contributed by atoms with Crippen LogP contribution >= 0.6 is 0 Å². The van der Waals surface area contributed by atoms with E-state index in [9.17, 15) is 18.0 Å². The predicted molar refractivity (Wildman–Crippen MR) is 104 cm³/mol. The van der Waals surface area contributed by atoms with Crippen molar-refractivity contribution in [3.63, 3.8) is 0 Å². The molecular weight excluding hydrogens is 399 g/mol. The molecule has 30 heavy (non-hydrogen) atoms. The number of aromatic nitrogens is 3. The molecule has 10 heteroatoms. The Hall–Kier alpha value is -3.40. The molecule has 0 saturated carbocycles. The molecular formula is C20H20F3N5O2. The number of carbonyl (C=O) groups is 1. The van der Waals surface area contributed by atoms with Gasteiger partial charge in [0, 0.05) is 0 Å². The number of halogens is 3. The standard InChI is InChI=1S/C20H20F3N5O2/c1-12-4-3-5-15(8-12)28-16(9-18(27-28)20(21,22)23)10-24-19(30)26-17-7-6-14(11-29)25-13(17)2/h3-9,29H,10-11H2,1-2H3,(H2,24,26,30). The Labute approximate surface area is 170 Å². The molecule has 7 nitrogen and oxygen atoms in total. The van der Waals surface area contributed by atoms with E-state index in [0.29, 0.717) is 22.8 Å². The molecule has 0 aliphatic rings. The normalized spacial score (nSPS) is 11.4. The zero-order chi connectivity index (χ0) is 21.9. The number of nitrogens with one attached hydrogen (secondary N) is 2. The van der Waals surface area contributed by atoms with Gasteiger partial charge in [-0.25, -0.2) is 9.48 Å². The highest BCUT2D eigenvalue weighted by Crippen LogP contribution is 2.29. The summed E-state index contributed by atoms with van der Waals surface area (Å²) in [7, 11) is 0. The number of alkyl halides is 3. The number of amides is 2. The third-order valence-corrected chi connectivity index (χ3v) is 4.30. The Morgan fingerprint density at radius 2 is 1.93 bits per heavy atom.